The van der Waals surface area contributed by atoms with Crippen molar-refractivity contribution < 1.29 is 14.6 Å². The molecular formula is C15H8Cl2N2O5. The number of ketones is 1. The van der Waals surface area contributed by atoms with Crippen molar-refractivity contribution in [2.75, 3.05) is 0 Å². The van der Waals surface area contributed by atoms with Crippen LogP contribution in [0.5, 0.6) is 0 Å². The Bertz CT molecular complexity index is 880. The van der Waals surface area contributed by atoms with Crippen LogP contribution in [0, 0.1) is 20.2 Å². The minimum Gasteiger partial charge on any atom is -0.289 e. The first-order valence-electron chi connectivity index (χ1n) is 6.40. The van der Waals surface area contributed by atoms with Crippen LogP contribution in [0.15, 0.2) is 42.5 Å². The van der Waals surface area contributed by atoms with E-state index in [-0.39, 0.29) is 27.0 Å². The number of benzene rings is 2. The molecule has 0 aliphatic carbocycles. The van der Waals surface area contributed by atoms with Gasteiger partial charge in [-0.15, -0.1) is 0 Å². The molecule has 2 aromatic carbocycles. The van der Waals surface area contributed by atoms with Crippen LogP contribution in [0.4, 0.5) is 11.4 Å². The summed E-state index contributed by atoms with van der Waals surface area (Å²) in [7, 11) is 0. The van der Waals surface area contributed by atoms with Crippen LogP contribution in [0.2, 0.25) is 10.0 Å². The van der Waals surface area contributed by atoms with Crippen LogP contribution >= 0.6 is 23.2 Å². The molecule has 2 rings (SSSR count). The van der Waals surface area contributed by atoms with E-state index >= 15 is 0 Å². The molecule has 0 bridgehead atoms. The number of nitro groups is 2. The van der Waals surface area contributed by atoms with E-state index in [0.717, 1.165) is 12.1 Å². The Morgan fingerprint density at radius 3 is 2.04 bits per heavy atom. The number of allylic oxidation sites excluding steroid dienone is 1. The Kier molecular flexibility index (Phi) is 5.28. The van der Waals surface area contributed by atoms with E-state index in [1.807, 2.05) is 0 Å². The lowest BCUT2D eigenvalue weighted by atomic mass is 10.1. The molecule has 0 fully saturated rings. The van der Waals surface area contributed by atoms with E-state index in [2.05, 4.69) is 0 Å². The average Bonchev–Trinajstić information content (AvgIpc) is 2.53. The second-order valence-corrected chi connectivity index (χ2v) is 5.40. The highest BCUT2D eigenvalue weighted by atomic mass is 35.5. The summed E-state index contributed by atoms with van der Waals surface area (Å²) in [5, 5.41) is 21.6. The SMILES string of the molecule is O=C(C=Cc1ccc(Cl)c([N+](=O)[O-])c1)c1ccc(Cl)c([N+](=O)[O-])c1. The molecule has 0 heterocycles. The number of hydrogen-bond acceptors (Lipinski definition) is 5. The van der Waals surface area contributed by atoms with E-state index in [0.29, 0.717) is 5.56 Å². The van der Waals surface area contributed by atoms with Gasteiger partial charge in [-0.1, -0.05) is 35.3 Å². The zero-order valence-electron chi connectivity index (χ0n) is 11.8. The van der Waals surface area contributed by atoms with Crippen LogP contribution in [0.1, 0.15) is 15.9 Å². The molecule has 0 unspecified atom stereocenters. The topological polar surface area (TPSA) is 103 Å². The van der Waals surface area contributed by atoms with Crippen molar-refractivity contribution in [2.24, 2.45) is 0 Å². The smallest absolute Gasteiger partial charge is 0.288 e. The lowest BCUT2D eigenvalue weighted by Crippen LogP contribution is -1.97. The Labute approximate surface area is 145 Å². The normalized spacial score (nSPS) is 10.8. The summed E-state index contributed by atoms with van der Waals surface area (Å²) in [5.41, 5.74) is -0.194. The second-order valence-electron chi connectivity index (χ2n) is 4.59. The quantitative estimate of drug-likeness (QED) is 0.330. The molecule has 2 aromatic rings. The molecule has 0 atom stereocenters. The van der Waals surface area contributed by atoms with Crippen molar-refractivity contribution in [3.8, 4) is 0 Å². The average molecular weight is 367 g/mol. The predicted molar refractivity (Wildman–Crippen MR) is 89.6 cm³/mol. The summed E-state index contributed by atoms with van der Waals surface area (Å²) < 4.78 is 0. The molecule has 0 saturated carbocycles. The number of carbonyl (C=O) groups excluding carboxylic acids is 1. The molecule has 0 spiro atoms. The third-order valence-corrected chi connectivity index (χ3v) is 3.66. The van der Waals surface area contributed by atoms with Crippen LogP contribution in [-0.4, -0.2) is 15.6 Å². The molecule has 0 amide bonds. The first kappa shape index (κ1) is 17.6. The minimum atomic E-state index is -0.689. The number of nitro benzene ring substituents is 2. The number of carbonyl (C=O) groups is 1. The summed E-state index contributed by atoms with van der Waals surface area (Å²) in [6, 6.07) is 7.75. The molecular weight excluding hydrogens is 359 g/mol. The summed E-state index contributed by atoms with van der Waals surface area (Å²) in [6.07, 6.45) is 2.51. The first-order chi connectivity index (χ1) is 11.3. The van der Waals surface area contributed by atoms with E-state index in [1.54, 1.807) is 0 Å². The lowest BCUT2D eigenvalue weighted by Gasteiger charge is -1.99. The highest BCUT2D eigenvalue weighted by Crippen LogP contribution is 2.27. The molecule has 0 aliphatic heterocycles. The lowest BCUT2D eigenvalue weighted by molar-refractivity contribution is -0.384. The minimum absolute atomic E-state index is 0.0168. The van der Waals surface area contributed by atoms with Gasteiger partial charge in [-0.25, -0.2) is 0 Å². The molecule has 122 valence electrons. The molecule has 0 radical (unpaired) electrons. The Morgan fingerprint density at radius 1 is 0.917 bits per heavy atom. The van der Waals surface area contributed by atoms with E-state index < -0.39 is 15.6 Å². The van der Waals surface area contributed by atoms with Crippen molar-refractivity contribution in [1.82, 2.24) is 0 Å². The predicted octanol–water partition coefficient (Wildman–Crippen LogP) is 4.71. The molecule has 0 N–H and O–H groups in total. The van der Waals surface area contributed by atoms with Gasteiger partial charge in [0.15, 0.2) is 5.78 Å². The third kappa shape index (κ3) is 3.95. The van der Waals surface area contributed by atoms with Crippen LogP contribution in [0.25, 0.3) is 6.08 Å². The van der Waals surface area contributed by atoms with Gasteiger partial charge in [0.25, 0.3) is 11.4 Å². The molecule has 0 saturated heterocycles. The standard InChI is InChI=1S/C15H8Cl2N2O5/c16-11-4-1-9(7-13(11)18(21)22)2-6-15(20)10-3-5-12(17)14(8-10)19(23)24/h1-8H. The molecule has 9 heteroatoms. The van der Waals surface area contributed by atoms with Crippen LogP contribution in [0.3, 0.4) is 0 Å². The zero-order chi connectivity index (χ0) is 17.9. The second kappa shape index (κ2) is 7.20. The number of nitrogens with zero attached hydrogens (tertiary/aromatic N) is 2. The van der Waals surface area contributed by atoms with Crippen LogP contribution < -0.4 is 0 Å². The maximum Gasteiger partial charge on any atom is 0.288 e. The van der Waals surface area contributed by atoms with Crippen molar-refractivity contribution in [1.29, 1.82) is 0 Å². The number of rotatable bonds is 5. The van der Waals surface area contributed by atoms with E-state index in [9.17, 15) is 25.0 Å². The molecule has 0 aliphatic rings. The zero-order valence-corrected chi connectivity index (χ0v) is 13.3. The Hall–Kier alpha value is -2.77. The molecule has 7 nitrogen and oxygen atoms in total. The van der Waals surface area contributed by atoms with Gasteiger partial charge < -0.3 is 0 Å². The summed E-state index contributed by atoms with van der Waals surface area (Å²) in [4.78, 5) is 32.4. The third-order valence-electron chi connectivity index (χ3n) is 3.02. The maximum absolute atomic E-state index is 12.1. The summed E-state index contributed by atoms with van der Waals surface area (Å²) in [5.74, 6) is -0.507. The summed E-state index contributed by atoms with van der Waals surface area (Å²) >= 11 is 11.4. The first-order valence-corrected chi connectivity index (χ1v) is 7.15. The number of hydrogen-bond donors (Lipinski definition) is 0. The van der Waals surface area contributed by atoms with Gasteiger partial charge in [0.1, 0.15) is 10.0 Å². The maximum atomic E-state index is 12.1. The Morgan fingerprint density at radius 2 is 1.46 bits per heavy atom. The van der Waals surface area contributed by atoms with Crippen molar-refractivity contribution in [2.45, 2.75) is 0 Å². The van der Waals surface area contributed by atoms with Gasteiger partial charge in [0, 0.05) is 17.7 Å². The van der Waals surface area contributed by atoms with Crippen molar-refractivity contribution in [3.05, 3.63) is 83.9 Å². The fourth-order valence-electron chi connectivity index (χ4n) is 1.85. The highest BCUT2D eigenvalue weighted by molar-refractivity contribution is 6.33. The fraction of sp³-hybridized carbons (Fsp3) is 0. The van der Waals surface area contributed by atoms with E-state index in [4.69, 9.17) is 23.2 Å². The van der Waals surface area contributed by atoms with Crippen molar-refractivity contribution in [3.63, 3.8) is 0 Å². The molecule has 0 aromatic heterocycles. The van der Waals surface area contributed by atoms with E-state index in [1.165, 1.54) is 36.4 Å². The van der Waals surface area contributed by atoms with Crippen molar-refractivity contribution >= 4 is 46.4 Å². The van der Waals surface area contributed by atoms with Gasteiger partial charge >= 0.3 is 0 Å². The van der Waals surface area contributed by atoms with Crippen LogP contribution in [-0.2, 0) is 0 Å². The highest BCUT2D eigenvalue weighted by Gasteiger charge is 2.15. The molecule has 24 heavy (non-hydrogen) atoms. The fourth-order valence-corrected chi connectivity index (χ4v) is 2.22. The van der Waals surface area contributed by atoms with Gasteiger partial charge in [0.2, 0.25) is 0 Å². The monoisotopic (exact) mass is 366 g/mol. The number of halogens is 2. The van der Waals surface area contributed by atoms with Gasteiger partial charge in [-0.3, -0.25) is 25.0 Å². The van der Waals surface area contributed by atoms with Gasteiger partial charge in [-0.2, -0.15) is 0 Å². The van der Waals surface area contributed by atoms with Gasteiger partial charge in [0.05, 0.1) is 9.85 Å². The summed E-state index contributed by atoms with van der Waals surface area (Å²) in [6.45, 7) is 0. The Balaban J connectivity index is 2.28. The van der Waals surface area contributed by atoms with Gasteiger partial charge in [-0.05, 0) is 29.8 Å². The largest absolute Gasteiger partial charge is 0.289 e.